The van der Waals surface area contributed by atoms with Crippen molar-refractivity contribution in [1.82, 2.24) is 0 Å². The highest BCUT2D eigenvalue weighted by atomic mass is 16.1. The van der Waals surface area contributed by atoms with Crippen LogP contribution in [0.3, 0.4) is 0 Å². The third-order valence-corrected chi connectivity index (χ3v) is 4.37. The van der Waals surface area contributed by atoms with E-state index < -0.39 is 0 Å². The van der Waals surface area contributed by atoms with Crippen molar-refractivity contribution >= 4 is 5.78 Å². The van der Waals surface area contributed by atoms with Gasteiger partial charge in [-0.05, 0) is 42.7 Å². The molecule has 1 aromatic rings. The van der Waals surface area contributed by atoms with E-state index in [-0.39, 0.29) is 0 Å². The van der Waals surface area contributed by atoms with Gasteiger partial charge in [-0.1, -0.05) is 24.3 Å². The smallest absolute Gasteiger partial charge is 0.137 e. The molecule has 3 unspecified atom stereocenters. The van der Waals surface area contributed by atoms with E-state index in [4.69, 9.17) is 0 Å². The van der Waals surface area contributed by atoms with Gasteiger partial charge in [0.15, 0.2) is 0 Å². The fraction of sp³-hybridized carbons (Fsp3) is 0.471. The molecule has 1 nitrogen and oxygen atoms in total. The normalized spacial score (nSPS) is 27.5. The van der Waals surface area contributed by atoms with Crippen molar-refractivity contribution in [3.63, 3.8) is 0 Å². The first-order valence-corrected chi connectivity index (χ1v) is 6.83. The van der Waals surface area contributed by atoms with Crippen LogP contribution in [0, 0.1) is 23.7 Å². The highest BCUT2D eigenvalue weighted by Crippen LogP contribution is 2.60. The van der Waals surface area contributed by atoms with E-state index in [1.165, 1.54) is 17.5 Å². The van der Waals surface area contributed by atoms with Gasteiger partial charge in [0.25, 0.3) is 0 Å². The molecule has 0 saturated heterocycles. The SMILES string of the molecule is CC#CCCC(=O)C1C2CCc3ccccc3C21. The molecule has 3 atom stereocenters. The standard InChI is InChI=1S/C17H18O/c1-2-3-4-9-15(18)17-14-11-10-12-7-5-6-8-13(12)16(14)17/h5-8,14,16-17H,4,9-11H2,1H3. The van der Waals surface area contributed by atoms with E-state index in [2.05, 4.69) is 36.1 Å². The largest absolute Gasteiger partial charge is 0.299 e. The molecule has 1 heteroatoms. The van der Waals surface area contributed by atoms with Crippen LogP contribution in [0.5, 0.6) is 0 Å². The molecule has 92 valence electrons. The minimum Gasteiger partial charge on any atom is -0.299 e. The summed E-state index contributed by atoms with van der Waals surface area (Å²) in [6.07, 6.45) is 3.71. The highest BCUT2D eigenvalue weighted by Gasteiger charge is 2.56. The van der Waals surface area contributed by atoms with E-state index in [0.717, 1.165) is 12.8 Å². The zero-order valence-corrected chi connectivity index (χ0v) is 10.8. The van der Waals surface area contributed by atoms with Gasteiger partial charge in [0, 0.05) is 18.8 Å². The number of fused-ring (bicyclic) bond motifs is 3. The lowest BCUT2D eigenvalue weighted by molar-refractivity contribution is -0.120. The van der Waals surface area contributed by atoms with Crippen LogP contribution in [0.4, 0.5) is 0 Å². The molecular formula is C17H18O. The zero-order chi connectivity index (χ0) is 12.5. The fourth-order valence-corrected chi connectivity index (χ4v) is 3.48. The second-order valence-corrected chi connectivity index (χ2v) is 5.35. The quantitative estimate of drug-likeness (QED) is 0.738. The molecule has 1 saturated carbocycles. The van der Waals surface area contributed by atoms with Crippen molar-refractivity contribution in [1.29, 1.82) is 0 Å². The van der Waals surface area contributed by atoms with Crippen LogP contribution in [0.15, 0.2) is 24.3 Å². The van der Waals surface area contributed by atoms with Crippen LogP contribution in [-0.2, 0) is 11.2 Å². The average molecular weight is 238 g/mol. The molecule has 0 bridgehead atoms. The summed E-state index contributed by atoms with van der Waals surface area (Å²) in [6, 6.07) is 8.64. The first-order valence-electron chi connectivity index (χ1n) is 6.83. The Hall–Kier alpha value is -1.55. The maximum atomic E-state index is 12.2. The third kappa shape index (κ3) is 1.86. The van der Waals surface area contributed by atoms with Crippen LogP contribution in [0.2, 0.25) is 0 Å². The van der Waals surface area contributed by atoms with E-state index in [9.17, 15) is 4.79 Å². The Balaban J connectivity index is 1.72. The third-order valence-electron chi connectivity index (χ3n) is 4.37. The summed E-state index contributed by atoms with van der Waals surface area (Å²) in [4.78, 5) is 12.2. The monoisotopic (exact) mass is 238 g/mol. The van der Waals surface area contributed by atoms with Crippen LogP contribution >= 0.6 is 0 Å². The minimum atomic E-state index is 0.298. The van der Waals surface area contributed by atoms with Crippen LogP contribution < -0.4 is 0 Å². The molecule has 2 aliphatic rings. The molecule has 0 radical (unpaired) electrons. The van der Waals surface area contributed by atoms with Crippen LogP contribution in [0.25, 0.3) is 0 Å². The fourth-order valence-electron chi connectivity index (χ4n) is 3.48. The number of hydrogen-bond acceptors (Lipinski definition) is 1. The molecule has 0 spiro atoms. The molecule has 1 aromatic carbocycles. The number of rotatable bonds is 3. The lowest BCUT2D eigenvalue weighted by Crippen LogP contribution is -2.02. The molecule has 0 N–H and O–H groups in total. The Morgan fingerprint density at radius 3 is 3.06 bits per heavy atom. The second kappa shape index (κ2) is 4.61. The number of carbonyl (C=O) groups is 1. The van der Waals surface area contributed by atoms with E-state index in [1.54, 1.807) is 0 Å². The molecule has 0 aromatic heterocycles. The van der Waals surface area contributed by atoms with Gasteiger partial charge in [-0.2, -0.15) is 0 Å². The Bertz CT molecular complexity index is 532. The second-order valence-electron chi connectivity index (χ2n) is 5.35. The maximum Gasteiger partial charge on any atom is 0.137 e. The lowest BCUT2D eigenvalue weighted by atomic mass is 9.92. The summed E-state index contributed by atoms with van der Waals surface area (Å²) in [5.74, 6) is 7.73. The summed E-state index contributed by atoms with van der Waals surface area (Å²) in [7, 11) is 0. The zero-order valence-electron chi connectivity index (χ0n) is 10.8. The van der Waals surface area contributed by atoms with Gasteiger partial charge < -0.3 is 0 Å². The van der Waals surface area contributed by atoms with Crippen molar-refractivity contribution in [3.05, 3.63) is 35.4 Å². The van der Waals surface area contributed by atoms with E-state index in [1.807, 2.05) is 6.92 Å². The molecule has 18 heavy (non-hydrogen) atoms. The molecule has 2 aliphatic carbocycles. The highest BCUT2D eigenvalue weighted by molar-refractivity contribution is 5.86. The van der Waals surface area contributed by atoms with Crippen molar-refractivity contribution in [2.75, 3.05) is 0 Å². The number of benzene rings is 1. The summed E-state index contributed by atoms with van der Waals surface area (Å²) >= 11 is 0. The van der Waals surface area contributed by atoms with Crippen LogP contribution in [0.1, 0.15) is 43.2 Å². The first-order chi connectivity index (χ1) is 8.83. The Morgan fingerprint density at radius 2 is 2.22 bits per heavy atom. The summed E-state index contributed by atoms with van der Waals surface area (Å²) < 4.78 is 0. The molecular weight excluding hydrogens is 220 g/mol. The average Bonchev–Trinajstić information content (AvgIpc) is 3.14. The van der Waals surface area contributed by atoms with Crippen molar-refractivity contribution in [2.45, 2.75) is 38.5 Å². The first kappa shape index (κ1) is 11.5. The lowest BCUT2D eigenvalue weighted by Gasteiger charge is -2.13. The molecule has 1 fully saturated rings. The summed E-state index contributed by atoms with van der Waals surface area (Å²) in [5, 5.41) is 0. The molecule has 0 amide bonds. The minimum absolute atomic E-state index is 0.298. The molecule has 3 rings (SSSR count). The topological polar surface area (TPSA) is 17.1 Å². The molecule has 0 aliphatic heterocycles. The maximum absolute atomic E-state index is 12.2. The van der Waals surface area contributed by atoms with Crippen molar-refractivity contribution < 1.29 is 4.79 Å². The van der Waals surface area contributed by atoms with Crippen molar-refractivity contribution in [2.24, 2.45) is 11.8 Å². The van der Waals surface area contributed by atoms with Gasteiger partial charge in [-0.3, -0.25) is 4.79 Å². The van der Waals surface area contributed by atoms with Gasteiger partial charge in [0.2, 0.25) is 0 Å². The van der Waals surface area contributed by atoms with Gasteiger partial charge >= 0.3 is 0 Å². The summed E-state index contributed by atoms with van der Waals surface area (Å²) in [6.45, 7) is 1.83. The van der Waals surface area contributed by atoms with E-state index in [0.29, 0.717) is 30.0 Å². The predicted octanol–water partition coefficient (Wildman–Crippen LogP) is 3.34. The number of aryl methyl sites for hydroxylation is 1. The number of Topliss-reactive ketones (excluding diaryl/α,β-unsaturated/α-hetero) is 1. The van der Waals surface area contributed by atoms with Gasteiger partial charge in [-0.25, -0.2) is 0 Å². The summed E-state index contributed by atoms with van der Waals surface area (Å²) in [5.41, 5.74) is 2.90. The number of carbonyl (C=O) groups excluding carboxylic acids is 1. The van der Waals surface area contributed by atoms with Gasteiger partial charge in [-0.15, -0.1) is 11.8 Å². The Labute approximate surface area is 109 Å². The molecule has 0 heterocycles. The number of ketones is 1. The Morgan fingerprint density at radius 1 is 1.39 bits per heavy atom. The predicted molar refractivity (Wildman–Crippen MR) is 72.2 cm³/mol. The van der Waals surface area contributed by atoms with Gasteiger partial charge in [0.05, 0.1) is 0 Å². The van der Waals surface area contributed by atoms with Gasteiger partial charge in [0.1, 0.15) is 5.78 Å². The Kier molecular flexibility index (Phi) is 2.96. The number of hydrogen-bond donors (Lipinski definition) is 0. The van der Waals surface area contributed by atoms with Crippen molar-refractivity contribution in [3.8, 4) is 11.8 Å². The van der Waals surface area contributed by atoms with Crippen LogP contribution in [-0.4, -0.2) is 5.78 Å². The van der Waals surface area contributed by atoms with E-state index >= 15 is 0 Å².